The molecule has 0 aliphatic heterocycles. The van der Waals surface area contributed by atoms with E-state index in [0.29, 0.717) is 21.9 Å². The van der Waals surface area contributed by atoms with Gasteiger partial charge in [0.25, 0.3) is 5.91 Å². The van der Waals surface area contributed by atoms with E-state index in [1.807, 2.05) is 6.07 Å². The molecular weight excluding hydrogens is 400 g/mol. The minimum absolute atomic E-state index is 0.103. The fourth-order valence-corrected chi connectivity index (χ4v) is 2.94. The lowest BCUT2D eigenvalue weighted by Crippen LogP contribution is -2.16. The molecule has 0 aliphatic carbocycles. The number of hydrogen-bond acceptors (Lipinski definition) is 4. The highest BCUT2D eigenvalue weighted by Crippen LogP contribution is 2.24. The lowest BCUT2D eigenvalue weighted by atomic mass is 10.0. The van der Waals surface area contributed by atoms with Crippen LogP contribution in [0.15, 0.2) is 78.4 Å². The molecule has 0 aliphatic rings. The van der Waals surface area contributed by atoms with Gasteiger partial charge in [-0.05, 0) is 42.0 Å². The van der Waals surface area contributed by atoms with Crippen LogP contribution in [-0.2, 0) is 4.79 Å². The molecule has 5 nitrogen and oxygen atoms in total. The van der Waals surface area contributed by atoms with Crippen molar-refractivity contribution in [2.45, 2.75) is 0 Å². The third-order valence-corrected chi connectivity index (χ3v) is 4.54. The zero-order valence-corrected chi connectivity index (χ0v) is 16.8. The van der Waals surface area contributed by atoms with Crippen LogP contribution in [0.2, 0.25) is 5.02 Å². The number of methoxy groups -OCH3 is 1. The minimum atomic E-state index is -0.627. The van der Waals surface area contributed by atoms with Crippen LogP contribution in [0.5, 0.6) is 5.75 Å². The third-order valence-electron chi connectivity index (χ3n) is 4.30. The zero-order valence-electron chi connectivity index (χ0n) is 16.1. The van der Waals surface area contributed by atoms with Crippen LogP contribution in [0.4, 0.5) is 5.69 Å². The molecule has 1 amide bonds. The van der Waals surface area contributed by atoms with Crippen LogP contribution in [0.3, 0.4) is 0 Å². The number of nitrogens with zero attached hydrogens (tertiary/aromatic N) is 1. The third kappa shape index (κ3) is 4.93. The number of benzene rings is 3. The molecular formula is C24H17ClN2O3. The van der Waals surface area contributed by atoms with Gasteiger partial charge in [0.2, 0.25) is 0 Å². The first-order valence-electron chi connectivity index (χ1n) is 8.98. The molecule has 0 saturated carbocycles. The van der Waals surface area contributed by atoms with Crippen LogP contribution >= 0.6 is 11.6 Å². The highest BCUT2D eigenvalue weighted by atomic mass is 35.5. The first-order valence-corrected chi connectivity index (χ1v) is 9.36. The Morgan fingerprint density at radius 1 is 1.03 bits per heavy atom. The van der Waals surface area contributed by atoms with E-state index in [1.54, 1.807) is 73.8 Å². The zero-order chi connectivity index (χ0) is 21.5. The molecule has 3 aromatic carbocycles. The molecule has 0 heterocycles. The molecule has 0 fully saturated rings. The number of rotatable bonds is 6. The maximum Gasteiger partial charge on any atom is 0.266 e. The average Bonchev–Trinajstić information content (AvgIpc) is 2.79. The molecule has 0 saturated heterocycles. The van der Waals surface area contributed by atoms with Crippen molar-refractivity contribution in [2.75, 3.05) is 12.4 Å². The molecule has 3 rings (SSSR count). The number of hydrogen-bond donors (Lipinski definition) is 1. The van der Waals surface area contributed by atoms with E-state index in [1.165, 1.54) is 12.1 Å². The Balaban J connectivity index is 1.89. The molecule has 0 radical (unpaired) electrons. The molecule has 0 spiro atoms. The fourth-order valence-electron chi connectivity index (χ4n) is 2.76. The summed E-state index contributed by atoms with van der Waals surface area (Å²) in [4.78, 5) is 25.6. The summed E-state index contributed by atoms with van der Waals surface area (Å²) in [6.45, 7) is 0. The summed E-state index contributed by atoms with van der Waals surface area (Å²) < 4.78 is 5.10. The second-order valence-electron chi connectivity index (χ2n) is 6.28. The summed E-state index contributed by atoms with van der Waals surface area (Å²) in [6.07, 6.45) is 1.46. The number of amides is 1. The Hall–Kier alpha value is -3.88. The topological polar surface area (TPSA) is 79.2 Å². The normalized spacial score (nSPS) is 10.8. The van der Waals surface area contributed by atoms with Gasteiger partial charge < -0.3 is 10.1 Å². The summed E-state index contributed by atoms with van der Waals surface area (Å²) in [5, 5.41) is 12.5. The van der Waals surface area contributed by atoms with E-state index in [9.17, 15) is 14.9 Å². The van der Waals surface area contributed by atoms with Crippen molar-refractivity contribution in [2.24, 2.45) is 0 Å². The van der Waals surface area contributed by atoms with Gasteiger partial charge in [0, 0.05) is 16.1 Å². The van der Waals surface area contributed by atoms with Gasteiger partial charge in [-0.15, -0.1) is 0 Å². The van der Waals surface area contributed by atoms with Gasteiger partial charge >= 0.3 is 0 Å². The highest BCUT2D eigenvalue weighted by molar-refractivity contribution is 6.31. The van der Waals surface area contributed by atoms with Gasteiger partial charge in [-0.25, -0.2) is 0 Å². The van der Waals surface area contributed by atoms with Gasteiger partial charge in [0.15, 0.2) is 5.78 Å². The number of carbonyl (C=O) groups excluding carboxylic acids is 2. The lowest BCUT2D eigenvalue weighted by molar-refractivity contribution is -0.112. The predicted octanol–water partition coefficient (Wildman–Crippen LogP) is 5.13. The SMILES string of the molecule is COc1ccc(C=C(C#N)C(=O)Nc2ccc(Cl)cc2C(=O)c2ccccc2)cc1. The Morgan fingerprint density at radius 2 is 1.73 bits per heavy atom. The number of ketones is 1. The first kappa shape index (κ1) is 20.8. The molecule has 148 valence electrons. The standard InChI is InChI=1S/C24H17ClN2O3/c1-30-20-10-7-16(8-11-20)13-18(15-26)24(29)27-22-12-9-19(25)14-21(22)23(28)17-5-3-2-4-6-17/h2-14H,1H3,(H,27,29). The number of carbonyl (C=O) groups is 2. The van der Waals surface area contributed by atoms with Crippen molar-refractivity contribution in [1.29, 1.82) is 5.26 Å². The lowest BCUT2D eigenvalue weighted by Gasteiger charge is -2.11. The number of nitriles is 1. The van der Waals surface area contributed by atoms with E-state index in [0.717, 1.165) is 0 Å². The molecule has 3 aromatic rings. The van der Waals surface area contributed by atoms with Gasteiger partial charge in [0.1, 0.15) is 17.4 Å². The van der Waals surface area contributed by atoms with Crippen molar-refractivity contribution in [3.8, 4) is 11.8 Å². The summed E-state index contributed by atoms with van der Waals surface area (Å²) >= 11 is 6.07. The van der Waals surface area contributed by atoms with E-state index in [2.05, 4.69) is 5.32 Å². The molecule has 0 bridgehead atoms. The highest BCUT2D eigenvalue weighted by Gasteiger charge is 2.17. The van der Waals surface area contributed by atoms with E-state index in [4.69, 9.17) is 16.3 Å². The van der Waals surface area contributed by atoms with E-state index in [-0.39, 0.29) is 22.6 Å². The first-order chi connectivity index (χ1) is 14.5. The Labute approximate surface area is 179 Å². The van der Waals surface area contributed by atoms with Crippen LogP contribution < -0.4 is 10.1 Å². The van der Waals surface area contributed by atoms with Crippen LogP contribution in [0.25, 0.3) is 6.08 Å². The molecule has 6 heteroatoms. The number of anilines is 1. The summed E-state index contributed by atoms with van der Waals surface area (Å²) in [5.41, 5.74) is 1.54. The molecule has 1 N–H and O–H groups in total. The Morgan fingerprint density at radius 3 is 2.37 bits per heavy atom. The van der Waals surface area contributed by atoms with Crippen LogP contribution in [-0.4, -0.2) is 18.8 Å². The summed E-state index contributed by atoms with van der Waals surface area (Å²) in [6, 6.07) is 22.1. The van der Waals surface area contributed by atoms with Crippen molar-refractivity contribution in [3.05, 3.63) is 100 Å². The average molecular weight is 417 g/mol. The van der Waals surface area contributed by atoms with Gasteiger partial charge in [0.05, 0.1) is 12.8 Å². The van der Waals surface area contributed by atoms with Gasteiger partial charge in [-0.2, -0.15) is 5.26 Å². The van der Waals surface area contributed by atoms with Crippen molar-refractivity contribution in [3.63, 3.8) is 0 Å². The van der Waals surface area contributed by atoms with E-state index >= 15 is 0 Å². The smallest absolute Gasteiger partial charge is 0.266 e. The maximum atomic E-state index is 12.9. The Bertz CT molecular complexity index is 1150. The molecule has 0 atom stereocenters. The number of nitrogens with one attached hydrogen (secondary N) is 1. The van der Waals surface area contributed by atoms with Gasteiger partial charge in [-0.1, -0.05) is 54.1 Å². The monoisotopic (exact) mass is 416 g/mol. The van der Waals surface area contributed by atoms with E-state index < -0.39 is 5.91 Å². The summed E-state index contributed by atoms with van der Waals surface area (Å²) in [7, 11) is 1.55. The maximum absolute atomic E-state index is 12.9. The van der Waals surface area contributed by atoms with Crippen molar-refractivity contribution in [1.82, 2.24) is 0 Å². The largest absolute Gasteiger partial charge is 0.497 e. The van der Waals surface area contributed by atoms with Gasteiger partial charge in [-0.3, -0.25) is 9.59 Å². The Kier molecular flexibility index (Phi) is 6.63. The van der Waals surface area contributed by atoms with Crippen molar-refractivity contribution >= 4 is 35.1 Å². The predicted molar refractivity (Wildman–Crippen MR) is 117 cm³/mol. The minimum Gasteiger partial charge on any atom is -0.497 e. The molecule has 0 unspecified atom stereocenters. The number of halogens is 1. The second-order valence-corrected chi connectivity index (χ2v) is 6.72. The van der Waals surface area contributed by atoms with Crippen LogP contribution in [0, 0.1) is 11.3 Å². The number of ether oxygens (including phenoxy) is 1. The second kappa shape index (κ2) is 9.55. The van der Waals surface area contributed by atoms with Crippen LogP contribution in [0.1, 0.15) is 21.5 Å². The fraction of sp³-hybridized carbons (Fsp3) is 0.0417. The van der Waals surface area contributed by atoms with Crippen molar-refractivity contribution < 1.29 is 14.3 Å². The molecule has 0 aromatic heterocycles. The summed E-state index contributed by atoms with van der Waals surface area (Å²) in [5.74, 6) is -0.246. The quantitative estimate of drug-likeness (QED) is 0.343. The molecule has 30 heavy (non-hydrogen) atoms.